The number of anilines is 3. The van der Waals surface area contributed by atoms with Gasteiger partial charge in [0.15, 0.2) is 0 Å². The number of nitrogens with zero attached hydrogens (tertiary/aromatic N) is 4. The molecule has 1 unspecified atom stereocenters. The topological polar surface area (TPSA) is 149 Å². The van der Waals surface area contributed by atoms with Crippen molar-refractivity contribution in [1.29, 1.82) is 5.26 Å². The minimum Gasteiger partial charge on any atom is -0.383 e. The zero-order valence-electron chi connectivity index (χ0n) is 30.4. The summed E-state index contributed by atoms with van der Waals surface area (Å²) in [6.07, 6.45) is 4.93. The molecule has 0 bridgehead atoms. The maximum atomic E-state index is 15.2. The van der Waals surface area contributed by atoms with Gasteiger partial charge in [-0.05, 0) is 106 Å². The van der Waals surface area contributed by atoms with E-state index < -0.39 is 29.6 Å². The molecule has 274 valence electrons. The van der Waals surface area contributed by atoms with Crippen molar-refractivity contribution >= 4 is 41.2 Å². The average molecular weight is 719 g/mol. The lowest BCUT2D eigenvalue weighted by Crippen LogP contribution is -2.49. The number of carbonyl (C=O) groups is 4. The number of carbonyl (C=O) groups excluding carboxylic acids is 4. The van der Waals surface area contributed by atoms with E-state index in [0.717, 1.165) is 81.7 Å². The second kappa shape index (κ2) is 15.4. The molecule has 1 atom stereocenters. The number of nitrogens with one attached hydrogen (secondary N) is 2. The molecule has 11 nitrogen and oxygen atoms in total. The summed E-state index contributed by atoms with van der Waals surface area (Å²) in [6, 6.07) is 18.3. The van der Waals surface area contributed by atoms with E-state index in [1.165, 1.54) is 6.07 Å². The molecule has 1 aliphatic carbocycles. The highest BCUT2D eigenvalue weighted by Gasteiger charge is 2.45. The van der Waals surface area contributed by atoms with Crippen LogP contribution in [-0.4, -0.2) is 53.3 Å². The molecule has 4 aromatic rings. The van der Waals surface area contributed by atoms with Crippen molar-refractivity contribution in [3.63, 3.8) is 0 Å². The van der Waals surface area contributed by atoms with Gasteiger partial charge in [0, 0.05) is 30.0 Å². The molecular formula is C41H43FN6O5. The van der Waals surface area contributed by atoms with Crippen molar-refractivity contribution in [1.82, 2.24) is 15.4 Å². The quantitative estimate of drug-likeness (QED) is 0.0686. The maximum absolute atomic E-state index is 15.2. The van der Waals surface area contributed by atoms with Crippen LogP contribution in [0.25, 0.3) is 11.1 Å². The Morgan fingerprint density at radius 3 is 2.40 bits per heavy atom. The first-order valence-electron chi connectivity index (χ1n) is 18.1. The van der Waals surface area contributed by atoms with Gasteiger partial charge in [-0.25, -0.2) is 4.39 Å². The second-order valence-corrected chi connectivity index (χ2v) is 13.9. The third-order valence-electron chi connectivity index (χ3n) is 10.3. The Balaban J connectivity index is 1.14. The van der Waals surface area contributed by atoms with Gasteiger partial charge in [0.1, 0.15) is 17.6 Å². The van der Waals surface area contributed by atoms with Crippen molar-refractivity contribution in [2.45, 2.75) is 84.1 Å². The van der Waals surface area contributed by atoms with Crippen molar-refractivity contribution < 1.29 is 28.1 Å². The van der Waals surface area contributed by atoms with E-state index >= 15 is 4.39 Å². The van der Waals surface area contributed by atoms with Crippen molar-refractivity contribution in [3.8, 4) is 17.2 Å². The van der Waals surface area contributed by atoms with Crippen LogP contribution in [-0.2, 0) is 15.0 Å². The van der Waals surface area contributed by atoms with E-state index in [0.29, 0.717) is 25.9 Å². The van der Waals surface area contributed by atoms with E-state index in [2.05, 4.69) is 70.8 Å². The Morgan fingerprint density at radius 1 is 1.06 bits per heavy atom. The Morgan fingerprint density at radius 2 is 1.77 bits per heavy atom. The second-order valence-electron chi connectivity index (χ2n) is 13.9. The number of hydrogen-bond donors (Lipinski definition) is 2. The minimum atomic E-state index is -1.18. The highest BCUT2D eigenvalue weighted by Crippen LogP contribution is 2.48. The van der Waals surface area contributed by atoms with Gasteiger partial charge in [-0.3, -0.25) is 29.4 Å². The minimum absolute atomic E-state index is 0.0112. The van der Waals surface area contributed by atoms with Gasteiger partial charge in [-0.2, -0.15) is 5.26 Å². The molecule has 1 aromatic heterocycles. The molecule has 2 aliphatic rings. The molecule has 0 saturated heterocycles. The molecule has 1 saturated carbocycles. The van der Waals surface area contributed by atoms with E-state index in [1.54, 1.807) is 6.92 Å². The van der Waals surface area contributed by atoms with Crippen LogP contribution in [0.15, 0.2) is 59.1 Å². The Hall–Kier alpha value is -5.83. The van der Waals surface area contributed by atoms with Crippen molar-refractivity contribution in [2.75, 3.05) is 23.3 Å². The van der Waals surface area contributed by atoms with E-state index in [9.17, 15) is 24.4 Å². The lowest BCUT2D eigenvalue weighted by molar-refractivity contribution is -0.128. The molecule has 1 aliphatic heterocycles. The molecule has 12 heteroatoms. The summed E-state index contributed by atoms with van der Waals surface area (Å²) in [6.45, 7) is 8.83. The van der Waals surface area contributed by atoms with Crippen molar-refractivity contribution in [2.24, 2.45) is 0 Å². The summed E-state index contributed by atoms with van der Waals surface area (Å²) >= 11 is 0. The van der Waals surface area contributed by atoms with E-state index in [1.807, 2.05) is 19.2 Å². The first-order valence-corrected chi connectivity index (χ1v) is 18.1. The Kier molecular flexibility index (Phi) is 10.7. The highest BCUT2D eigenvalue weighted by molar-refractivity contribution is 6.23. The fourth-order valence-corrected chi connectivity index (χ4v) is 7.19. The molecule has 6 rings (SSSR count). The van der Waals surface area contributed by atoms with Crippen LogP contribution in [0.5, 0.6) is 0 Å². The summed E-state index contributed by atoms with van der Waals surface area (Å²) in [4.78, 5) is 52.9. The summed E-state index contributed by atoms with van der Waals surface area (Å²) in [5.41, 5.74) is 6.63. The van der Waals surface area contributed by atoms with Crippen LogP contribution in [0.4, 0.5) is 21.5 Å². The molecule has 53 heavy (non-hydrogen) atoms. The van der Waals surface area contributed by atoms with Crippen LogP contribution in [0, 0.1) is 37.9 Å². The van der Waals surface area contributed by atoms with Gasteiger partial charge in [-0.15, -0.1) is 0 Å². The fraction of sp³-hybridized carbons (Fsp3) is 0.366. The summed E-state index contributed by atoms with van der Waals surface area (Å²) in [5.74, 6) is -2.15. The SMILES string of the molecule is CCCC(C(=O)NC=O)N1C(=O)c2cc(F)c(NCCCCCN(c3ccc(C4(C#N)CC4)cc3)c3cc(-c4c(C)noc4C)ccc3C)cc2C1=O. The third kappa shape index (κ3) is 7.29. The molecule has 1 fully saturated rings. The Bertz CT molecular complexity index is 2080. The summed E-state index contributed by atoms with van der Waals surface area (Å²) in [7, 11) is 0. The number of hydrogen-bond acceptors (Lipinski definition) is 9. The van der Waals surface area contributed by atoms with Gasteiger partial charge in [0.2, 0.25) is 12.3 Å². The van der Waals surface area contributed by atoms with E-state index in [-0.39, 0.29) is 35.1 Å². The zero-order chi connectivity index (χ0) is 37.9. The number of imide groups is 2. The normalized spacial score (nSPS) is 14.8. The van der Waals surface area contributed by atoms with Gasteiger partial charge in [-0.1, -0.05) is 42.8 Å². The predicted molar refractivity (Wildman–Crippen MR) is 198 cm³/mol. The van der Waals surface area contributed by atoms with Crippen LogP contribution in [0.1, 0.15) is 95.2 Å². The monoisotopic (exact) mass is 718 g/mol. The number of amides is 4. The number of aryl methyl sites for hydroxylation is 3. The number of halogens is 1. The van der Waals surface area contributed by atoms with Crippen molar-refractivity contribution in [3.05, 3.63) is 94.1 Å². The lowest BCUT2D eigenvalue weighted by atomic mass is 9.97. The number of benzene rings is 3. The predicted octanol–water partition coefficient (Wildman–Crippen LogP) is 7.42. The smallest absolute Gasteiger partial charge is 0.262 e. The largest absolute Gasteiger partial charge is 0.383 e. The Labute approximate surface area is 308 Å². The molecule has 3 aromatic carbocycles. The van der Waals surface area contributed by atoms with Gasteiger partial charge >= 0.3 is 0 Å². The van der Waals surface area contributed by atoms with Gasteiger partial charge in [0.05, 0.1) is 34.0 Å². The molecule has 2 N–H and O–H groups in total. The molecule has 4 amide bonds. The molecule has 2 heterocycles. The molecule has 0 spiro atoms. The third-order valence-corrected chi connectivity index (χ3v) is 10.3. The summed E-state index contributed by atoms with van der Waals surface area (Å²) in [5, 5.41) is 19.0. The van der Waals surface area contributed by atoms with Crippen LogP contribution >= 0.6 is 0 Å². The van der Waals surface area contributed by atoms with E-state index in [4.69, 9.17) is 4.52 Å². The van der Waals surface area contributed by atoms with Gasteiger partial charge in [0.25, 0.3) is 11.8 Å². The van der Waals surface area contributed by atoms with Crippen LogP contribution < -0.4 is 15.5 Å². The van der Waals surface area contributed by atoms with Gasteiger partial charge < -0.3 is 14.7 Å². The highest BCUT2D eigenvalue weighted by atomic mass is 19.1. The fourth-order valence-electron chi connectivity index (χ4n) is 7.19. The number of fused-ring (bicyclic) bond motifs is 1. The molecular weight excluding hydrogens is 675 g/mol. The number of aromatic nitrogens is 1. The molecule has 0 radical (unpaired) electrons. The standard InChI is InChI=1S/C41H43FN6O5/c1-5-9-35(38(50)45-24-49)48-39(51)31-21-33(42)34(22-32(31)40(48)52)44-18-7-6-8-19-47(30-14-12-29(13-15-30)41(23-43)16-17-41)36-20-28(11-10-25(36)2)37-26(3)46-53-27(37)4/h10-15,20-22,24,35,44H,5-9,16-19H2,1-4H3,(H,45,49,50). The first-order chi connectivity index (χ1) is 25.5. The average Bonchev–Trinajstić information content (AvgIpc) is 3.83. The maximum Gasteiger partial charge on any atom is 0.262 e. The zero-order valence-corrected chi connectivity index (χ0v) is 30.4. The lowest BCUT2D eigenvalue weighted by Gasteiger charge is -2.28. The van der Waals surface area contributed by atoms with Crippen LogP contribution in [0.2, 0.25) is 0 Å². The number of rotatable bonds is 16. The van der Waals surface area contributed by atoms with Crippen LogP contribution in [0.3, 0.4) is 0 Å². The number of nitriles is 1. The number of unbranched alkanes of at least 4 members (excludes halogenated alkanes) is 2. The first kappa shape index (κ1) is 36.9. The summed E-state index contributed by atoms with van der Waals surface area (Å²) < 4.78 is 20.7.